The molecule has 0 saturated carbocycles. The summed E-state index contributed by atoms with van der Waals surface area (Å²) in [6.07, 6.45) is 1.42. The van der Waals surface area contributed by atoms with Crippen molar-refractivity contribution in [2.75, 3.05) is 17.2 Å². The number of benzene rings is 2. The van der Waals surface area contributed by atoms with Crippen LogP contribution in [0.2, 0.25) is 0 Å². The van der Waals surface area contributed by atoms with Crippen molar-refractivity contribution < 1.29 is 9.53 Å². The molecule has 9 nitrogen and oxygen atoms in total. The summed E-state index contributed by atoms with van der Waals surface area (Å²) in [5, 5.41) is 28.3. The summed E-state index contributed by atoms with van der Waals surface area (Å²) >= 11 is 0. The third kappa shape index (κ3) is 4.50. The van der Waals surface area contributed by atoms with E-state index in [-0.39, 0.29) is 17.3 Å². The molecule has 0 aliphatic rings. The van der Waals surface area contributed by atoms with Gasteiger partial charge in [0.25, 0.3) is 5.91 Å². The van der Waals surface area contributed by atoms with Gasteiger partial charge in [0.1, 0.15) is 17.4 Å². The van der Waals surface area contributed by atoms with Crippen molar-refractivity contribution in [1.29, 1.82) is 5.26 Å². The van der Waals surface area contributed by atoms with E-state index in [1.165, 1.54) is 6.20 Å². The molecule has 9 heteroatoms. The molecule has 0 unspecified atom stereocenters. The van der Waals surface area contributed by atoms with Crippen LogP contribution in [0.1, 0.15) is 23.1 Å². The maximum atomic E-state index is 12.7. The minimum absolute atomic E-state index is 0.157. The third-order valence-electron chi connectivity index (χ3n) is 3.65. The van der Waals surface area contributed by atoms with Crippen LogP contribution in [0, 0.1) is 11.3 Å². The highest BCUT2D eigenvalue weighted by molar-refractivity contribution is 6.08. The summed E-state index contributed by atoms with van der Waals surface area (Å²) in [5.74, 6) is 0.529. The quantitative estimate of drug-likeness (QED) is 0.542. The van der Waals surface area contributed by atoms with Gasteiger partial charge in [-0.05, 0) is 36.4 Å². The van der Waals surface area contributed by atoms with E-state index in [0.29, 0.717) is 29.3 Å². The van der Waals surface area contributed by atoms with Crippen LogP contribution in [-0.4, -0.2) is 33.1 Å². The van der Waals surface area contributed by atoms with Crippen LogP contribution < -0.4 is 15.4 Å². The van der Waals surface area contributed by atoms with E-state index >= 15 is 0 Å². The van der Waals surface area contributed by atoms with E-state index in [0.717, 1.165) is 0 Å². The first-order chi connectivity index (χ1) is 13.7. The molecule has 0 radical (unpaired) electrons. The minimum Gasteiger partial charge on any atom is -0.494 e. The Morgan fingerprint density at radius 3 is 2.89 bits per heavy atom. The van der Waals surface area contributed by atoms with E-state index in [1.54, 1.807) is 42.5 Å². The number of rotatable bonds is 7. The van der Waals surface area contributed by atoms with Gasteiger partial charge in [-0.3, -0.25) is 4.79 Å². The highest BCUT2D eigenvalue weighted by Gasteiger charge is 2.12. The molecule has 1 heterocycles. The number of allylic oxidation sites excluding steroid dienone is 1. The van der Waals surface area contributed by atoms with Gasteiger partial charge in [0.15, 0.2) is 0 Å². The van der Waals surface area contributed by atoms with Crippen LogP contribution >= 0.6 is 0 Å². The van der Waals surface area contributed by atoms with E-state index in [1.807, 2.05) is 19.1 Å². The number of amides is 1. The lowest BCUT2D eigenvalue weighted by Gasteiger charge is -2.11. The van der Waals surface area contributed by atoms with Crippen LogP contribution in [0.5, 0.6) is 5.75 Å². The zero-order valence-electron chi connectivity index (χ0n) is 15.0. The maximum Gasteiger partial charge on any atom is 0.257 e. The second-order valence-electron chi connectivity index (χ2n) is 5.51. The number of anilines is 2. The van der Waals surface area contributed by atoms with Crippen LogP contribution in [0.3, 0.4) is 0 Å². The molecule has 1 amide bonds. The van der Waals surface area contributed by atoms with Gasteiger partial charge in [0, 0.05) is 18.0 Å². The normalized spacial score (nSPS) is 10.8. The lowest BCUT2D eigenvalue weighted by molar-refractivity contribution is 0.102. The van der Waals surface area contributed by atoms with Gasteiger partial charge in [-0.2, -0.15) is 10.5 Å². The van der Waals surface area contributed by atoms with Crippen LogP contribution in [0.4, 0.5) is 11.4 Å². The molecule has 140 valence electrons. The summed E-state index contributed by atoms with van der Waals surface area (Å²) < 4.78 is 5.45. The summed E-state index contributed by atoms with van der Waals surface area (Å²) in [4.78, 5) is 12.7. The number of hydrogen-bond acceptors (Lipinski definition) is 7. The Balaban J connectivity index is 1.79. The van der Waals surface area contributed by atoms with Crippen LogP contribution in [0.25, 0.3) is 5.57 Å². The monoisotopic (exact) mass is 375 g/mol. The Morgan fingerprint density at radius 1 is 1.29 bits per heavy atom. The Labute approximate surface area is 161 Å². The fourth-order valence-electron chi connectivity index (χ4n) is 2.41. The first kappa shape index (κ1) is 18.6. The molecule has 0 bridgehead atoms. The lowest BCUT2D eigenvalue weighted by atomic mass is 10.1. The van der Waals surface area contributed by atoms with E-state index in [9.17, 15) is 10.1 Å². The topological polar surface area (TPSA) is 129 Å². The molecule has 28 heavy (non-hydrogen) atoms. The van der Waals surface area contributed by atoms with Gasteiger partial charge in [0.2, 0.25) is 5.82 Å². The van der Waals surface area contributed by atoms with E-state index in [4.69, 9.17) is 4.74 Å². The summed E-state index contributed by atoms with van der Waals surface area (Å²) in [5.41, 5.74) is 1.72. The summed E-state index contributed by atoms with van der Waals surface area (Å²) in [7, 11) is 0. The predicted octanol–water partition coefficient (Wildman–Crippen LogP) is 2.83. The van der Waals surface area contributed by atoms with Gasteiger partial charge in [-0.25, -0.2) is 0 Å². The zero-order valence-corrected chi connectivity index (χ0v) is 15.0. The SMILES string of the molecule is CCOc1cccc(NC(=O)c2ccccc2NC=C(C#N)c2nn[nH]n2)c1. The molecule has 0 spiro atoms. The molecule has 0 atom stereocenters. The largest absolute Gasteiger partial charge is 0.494 e. The molecule has 3 rings (SSSR count). The Kier molecular flexibility index (Phi) is 5.95. The molecule has 0 aliphatic heterocycles. The number of ether oxygens (including phenoxy) is 1. The number of aromatic amines is 1. The number of hydrogen-bond donors (Lipinski definition) is 3. The van der Waals surface area contributed by atoms with Crippen molar-refractivity contribution in [1.82, 2.24) is 20.6 Å². The average molecular weight is 375 g/mol. The van der Waals surface area contributed by atoms with Crippen molar-refractivity contribution in [3.63, 3.8) is 0 Å². The predicted molar refractivity (Wildman–Crippen MR) is 103 cm³/mol. The van der Waals surface area contributed by atoms with Crippen molar-refractivity contribution in [2.45, 2.75) is 6.92 Å². The number of nitrogens with zero attached hydrogens (tertiary/aromatic N) is 4. The standard InChI is InChI=1S/C19H17N7O2/c1-2-28-15-7-5-6-14(10-15)22-19(27)16-8-3-4-9-17(16)21-12-13(11-20)18-23-25-26-24-18/h3-10,12,21H,2H2,1H3,(H,22,27)(H,23,24,25,26). The van der Waals surface area contributed by atoms with Crippen LogP contribution in [-0.2, 0) is 0 Å². The third-order valence-corrected chi connectivity index (χ3v) is 3.65. The fraction of sp³-hybridized carbons (Fsp3) is 0.105. The first-order valence-corrected chi connectivity index (χ1v) is 8.45. The number of carbonyl (C=O) groups excluding carboxylic acids is 1. The number of H-pyrrole nitrogens is 1. The molecule has 0 saturated heterocycles. The smallest absolute Gasteiger partial charge is 0.257 e. The van der Waals surface area contributed by atoms with E-state index in [2.05, 4.69) is 31.3 Å². The number of para-hydroxylation sites is 1. The number of nitrogens with one attached hydrogen (secondary N) is 3. The highest BCUT2D eigenvalue weighted by Crippen LogP contribution is 2.21. The average Bonchev–Trinajstić information content (AvgIpc) is 3.24. The van der Waals surface area contributed by atoms with Gasteiger partial charge in [-0.15, -0.1) is 10.2 Å². The fourth-order valence-corrected chi connectivity index (χ4v) is 2.41. The van der Waals surface area contributed by atoms with Crippen molar-refractivity contribution in [3.8, 4) is 11.8 Å². The first-order valence-electron chi connectivity index (χ1n) is 8.45. The Morgan fingerprint density at radius 2 is 2.14 bits per heavy atom. The van der Waals surface area contributed by atoms with Gasteiger partial charge >= 0.3 is 0 Å². The molecule has 0 aliphatic carbocycles. The molecular formula is C19H17N7O2. The highest BCUT2D eigenvalue weighted by atomic mass is 16.5. The van der Waals surface area contributed by atoms with Crippen molar-refractivity contribution in [3.05, 3.63) is 66.1 Å². The second-order valence-corrected chi connectivity index (χ2v) is 5.51. The zero-order chi connectivity index (χ0) is 19.8. The number of tetrazole rings is 1. The van der Waals surface area contributed by atoms with Gasteiger partial charge < -0.3 is 15.4 Å². The summed E-state index contributed by atoms with van der Waals surface area (Å²) in [6.45, 7) is 2.43. The molecule has 3 aromatic rings. The number of aromatic nitrogens is 4. The van der Waals surface area contributed by atoms with Gasteiger partial charge in [0.05, 0.1) is 17.9 Å². The molecular weight excluding hydrogens is 358 g/mol. The van der Waals surface area contributed by atoms with Gasteiger partial charge in [-0.1, -0.05) is 18.2 Å². The lowest BCUT2D eigenvalue weighted by Crippen LogP contribution is -2.14. The Hall–Kier alpha value is -4.19. The molecule has 1 aromatic heterocycles. The maximum absolute atomic E-state index is 12.7. The molecule has 3 N–H and O–H groups in total. The van der Waals surface area contributed by atoms with E-state index < -0.39 is 0 Å². The molecule has 0 fully saturated rings. The van der Waals surface area contributed by atoms with Crippen molar-refractivity contribution in [2.24, 2.45) is 0 Å². The van der Waals surface area contributed by atoms with Crippen LogP contribution in [0.15, 0.2) is 54.7 Å². The minimum atomic E-state index is -0.303. The Bertz CT molecular complexity index is 1020. The summed E-state index contributed by atoms with van der Waals surface area (Å²) in [6, 6.07) is 16.1. The second kappa shape index (κ2) is 8.95. The van der Waals surface area contributed by atoms with Crippen molar-refractivity contribution >= 4 is 22.9 Å². The number of carbonyl (C=O) groups is 1. The molecule has 2 aromatic carbocycles. The number of nitriles is 1.